The van der Waals surface area contributed by atoms with Gasteiger partial charge in [-0.15, -0.1) is 11.3 Å². The van der Waals surface area contributed by atoms with Gasteiger partial charge < -0.3 is 9.47 Å². The first-order valence-corrected chi connectivity index (χ1v) is 6.66. The predicted molar refractivity (Wildman–Crippen MR) is 77.4 cm³/mol. The Kier molecular flexibility index (Phi) is 4.98. The molecule has 0 unspecified atom stereocenters. The van der Waals surface area contributed by atoms with Crippen LogP contribution in [-0.2, 0) is 16.1 Å². The van der Waals surface area contributed by atoms with Gasteiger partial charge in [-0.2, -0.15) is 0 Å². The Morgan fingerprint density at radius 2 is 2.15 bits per heavy atom. The topological polar surface area (TPSA) is 54.0 Å². The van der Waals surface area contributed by atoms with Crippen molar-refractivity contribution in [3.05, 3.63) is 57.0 Å². The van der Waals surface area contributed by atoms with Crippen molar-refractivity contribution < 1.29 is 14.3 Å². The average molecular weight is 288 g/mol. The molecule has 0 amide bonds. The molecule has 0 aliphatic rings. The molecule has 0 saturated heterocycles. The highest BCUT2D eigenvalue weighted by Crippen LogP contribution is 2.21. The van der Waals surface area contributed by atoms with E-state index in [1.807, 2.05) is 17.5 Å². The minimum absolute atomic E-state index is 0.224. The molecule has 1 aromatic carbocycles. The Hall–Kier alpha value is -2.52. The summed E-state index contributed by atoms with van der Waals surface area (Å²) < 4.78 is 9.97. The SMILES string of the molecule is COc1ccc([N-][N+]#CC(=O)OCc2cccs2)cc1. The summed E-state index contributed by atoms with van der Waals surface area (Å²) in [5.41, 5.74) is 4.43. The quantitative estimate of drug-likeness (QED) is 0.489. The zero-order valence-corrected chi connectivity index (χ0v) is 11.6. The Balaban J connectivity index is 1.79. The molecule has 1 aromatic heterocycles. The minimum Gasteiger partial charge on any atom is -0.497 e. The van der Waals surface area contributed by atoms with E-state index in [1.165, 1.54) is 11.3 Å². The Morgan fingerprint density at radius 1 is 1.35 bits per heavy atom. The van der Waals surface area contributed by atoms with Gasteiger partial charge in [0.1, 0.15) is 12.4 Å². The number of carbonyl (C=O) groups is 1. The van der Waals surface area contributed by atoms with Crippen molar-refractivity contribution in [1.82, 2.24) is 0 Å². The molecule has 5 nitrogen and oxygen atoms in total. The van der Waals surface area contributed by atoms with E-state index in [-0.39, 0.29) is 6.61 Å². The van der Waals surface area contributed by atoms with Crippen molar-refractivity contribution in [3.63, 3.8) is 0 Å². The van der Waals surface area contributed by atoms with Crippen molar-refractivity contribution in [2.45, 2.75) is 6.61 Å². The lowest BCUT2D eigenvalue weighted by molar-refractivity contribution is -0.137. The molecule has 2 aromatic rings. The number of benzene rings is 1. The maximum atomic E-state index is 11.3. The van der Waals surface area contributed by atoms with E-state index in [0.717, 1.165) is 10.6 Å². The number of methoxy groups -OCH3 is 1. The summed E-state index contributed by atoms with van der Waals surface area (Å²) in [5.74, 6) is 0.0860. The van der Waals surface area contributed by atoms with Crippen LogP contribution in [0.5, 0.6) is 5.75 Å². The number of hydrogen-bond acceptors (Lipinski definition) is 4. The summed E-state index contributed by atoms with van der Waals surface area (Å²) in [6.07, 6.45) is 0. The molecule has 1 heterocycles. The molecule has 20 heavy (non-hydrogen) atoms. The second kappa shape index (κ2) is 7.16. The van der Waals surface area contributed by atoms with E-state index < -0.39 is 5.97 Å². The predicted octanol–water partition coefficient (Wildman–Crippen LogP) is 3.75. The molecular weight excluding hydrogens is 276 g/mol. The highest BCUT2D eigenvalue weighted by molar-refractivity contribution is 7.09. The molecular formula is C14H12N2O3S. The van der Waals surface area contributed by atoms with Crippen LogP contribution < -0.4 is 4.74 Å². The van der Waals surface area contributed by atoms with Gasteiger partial charge in [-0.1, -0.05) is 28.8 Å². The number of esters is 1. The Labute approximate surface area is 120 Å². The lowest BCUT2D eigenvalue weighted by Crippen LogP contribution is -1.99. The summed E-state index contributed by atoms with van der Waals surface area (Å²) in [4.78, 5) is 15.9. The van der Waals surface area contributed by atoms with Crippen molar-refractivity contribution >= 4 is 23.0 Å². The fourth-order valence-corrected chi connectivity index (χ4v) is 1.95. The van der Waals surface area contributed by atoms with Crippen molar-refractivity contribution in [1.29, 1.82) is 0 Å². The maximum absolute atomic E-state index is 11.3. The number of nitrogens with zero attached hydrogens (tertiary/aromatic N) is 2. The van der Waals surface area contributed by atoms with Crippen molar-refractivity contribution in [3.8, 4) is 11.8 Å². The van der Waals surface area contributed by atoms with Gasteiger partial charge in [0.2, 0.25) is 0 Å². The molecule has 0 atom stereocenters. The van der Waals surface area contributed by atoms with Crippen LogP contribution in [0.4, 0.5) is 5.69 Å². The van der Waals surface area contributed by atoms with Gasteiger partial charge in [0.15, 0.2) is 0 Å². The maximum Gasteiger partial charge on any atom is 0.459 e. The summed E-state index contributed by atoms with van der Waals surface area (Å²) in [6, 6.07) is 12.9. The minimum atomic E-state index is -0.643. The third kappa shape index (κ3) is 4.30. The second-order valence-electron chi connectivity index (χ2n) is 3.67. The van der Waals surface area contributed by atoms with Gasteiger partial charge in [-0.05, 0) is 23.6 Å². The monoisotopic (exact) mass is 288 g/mol. The highest BCUT2D eigenvalue weighted by atomic mass is 32.1. The van der Waals surface area contributed by atoms with Crippen LogP contribution >= 0.6 is 11.3 Å². The van der Waals surface area contributed by atoms with Crippen LogP contribution in [0.25, 0.3) is 10.4 Å². The van der Waals surface area contributed by atoms with Crippen molar-refractivity contribution in [2.24, 2.45) is 0 Å². The van der Waals surface area contributed by atoms with Crippen LogP contribution in [0, 0.1) is 6.07 Å². The fourth-order valence-electron chi connectivity index (χ4n) is 1.34. The largest absolute Gasteiger partial charge is 0.497 e. The zero-order valence-electron chi connectivity index (χ0n) is 10.8. The third-order valence-corrected chi connectivity index (χ3v) is 3.15. The molecule has 0 aliphatic heterocycles. The van der Waals surface area contributed by atoms with E-state index in [4.69, 9.17) is 9.47 Å². The van der Waals surface area contributed by atoms with Crippen LogP contribution in [0.1, 0.15) is 4.88 Å². The zero-order chi connectivity index (χ0) is 14.2. The van der Waals surface area contributed by atoms with E-state index in [1.54, 1.807) is 31.4 Å². The van der Waals surface area contributed by atoms with Gasteiger partial charge in [-0.25, -0.2) is 4.79 Å². The smallest absolute Gasteiger partial charge is 0.459 e. The van der Waals surface area contributed by atoms with Gasteiger partial charge in [0, 0.05) is 4.88 Å². The Bertz CT molecular complexity index is 612. The van der Waals surface area contributed by atoms with Gasteiger partial charge >= 0.3 is 12.0 Å². The number of hydrogen-bond donors (Lipinski definition) is 0. The van der Waals surface area contributed by atoms with E-state index >= 15 is 0 Å². The number of rotatable bonds is 4. The average Bonchev–Trinajstić information content (AvgIpc) is 2.99. The number of ether oxygens (including phenoxy) is 2. The molecule has 0 aliphatic carbocycles. The molecule has 0 saturated carbocycles. The van der Waals surface area contributed by atoms with Crippen LogP contribution in [-0.4, -0.2) is 13.1 Å². The number of carbonyl (C=O) groups excluding carboxylic acids is 1. The van der Waals surface area contributed by atoms with Gasteiger partial charge in [0.25, 0.3) is 0 Å². The molecule has 6 heteroatoms. The van der Waals surface area contributed by atoms with Gasteiger partial charge in [0.05, 0.1) is 7.11 Å². The van der Waals surface area contributed by atoms with Crippen molar-refractivity contribution in [2.75, 3.05) is 7.11 Å². The van der Waals surface area contributed by atoms with E-state index in [0.29, 0.717) is 5.69 Å². The van der Waals surface area contributed by atoms with Crippen LogP contribution in [0.2, 0.25) is 0 Å². The summed E-state index contributed by atoms with van der Waals surface area (Å²) in [5, 5.41) is 1.92. The molecule has 0 bridgehead atoms. The first-order chi connectivity index (χ1) is 9.78. The molecule has 102 valence electrons. The lowest BCUT2D eigenvalue weighted by atomic mass is 10.3. The third-order valence-electron chi connectivity index (χ3n) is 2.30. The summed E-state index contributed by atoms with van der Waals surface area (Å²) in [7, 11) is 1.58. The second-order valence-corrected chi connectivity index (χ2v) is 4.70. The highest BCUT2D eigenvalue weighted by Gasteiger charge is 2.05. The fraction of sp³-hybridized carbons (Fsp3) is 0.143. The van der Waals surface area contributed by atoms with E-state index in [2.05, 4.69) is 16.4 Å². The standard InChI is InChI=1S/C14H12N2O3S/c1-18-12-6-4-11(5-7-12)16-15-9-14(17)19-10-13-3-2-8-20-13/h2-8H,10H2,1H3. The Morgan fingerprint density at radius 3 is 2.80 bits per heavy atom. The van der Waals surface area contributed by atoms with E-state index in [9.17, 15) is 4.79 Å². The summed E-state index contributed by atoms with van der Waals surface area (Å²) in [6.45, 7) is 0.224. The first-order valence-electron chi connectivity index (χ1n) is 5.78. The number of thiophene rings is 1. The van der Waals surface area contributed by atoms with Crippen LogP contribution in [0.15, 0.2) is 41.8 Å². The molecule has 0 spiro atoms. The molecule has 0 N–H and O–H groups in total. The normalized spacial score (nSPS) is 9.25. The van der Waals surface area contributed by atoms with Gasteiger partial charge in [-0.3, -0.25) is 5.43 Å². The lowest BCUT2D eigenvalue weighted by Gasteiger charge is -2.03. The molecule has 2 rings (SSSR count). The summed E-state index contributed by atoms with van der Waals surface area (Å²) >= 11 is 1.52. The molecule has 0 radical (unpaired) electrons. The molecule has 0 fully saturated rings. The van der Waals surface area contributed by atoms with Crippen LogP contribution in [0.3, 0.4) is 0 Å². The first kappa shape index (κ1) is 13.9.